The number of aromatic nitrogens is 1. The summed E-state index contributed by atoms with van der Waals surface area (Å²) in [6.45, 7) is 2.54. The van der Waals surface area contributed by atoms with Crippen molar-refractivity contribution in [2.45, 2.75) is 62.8 Å². The molecule has 0 bridgehead atoms. The number of nitrogens with one attached hydrogen (secondary N) is 1. The van der Waals surface area contributed by atoms with E-state index >= 15 is 0 Å². The average molecular weight is 316 g/mol. The smallest absolute Gasteiger partial charge is 0.242 e. The maximum absolute atomic E-state index is 12.4. The van der Waals surface area contributed by atoms with Gasteiger partial charge in [-0.05, 0) is 31.7 Å². The van der Waals surface area contributed by atoms with Crippen molar-refractivity contribution in [2.24, 2.45) is 0 Å². The maximum Gasteiger partial charge on any atom is 0.242 e. The van der Waals surface area contributed by atoms with Crippen molar-refractivity contribution in [3.05, 3.63) is 18.0 Å². The summed E-state index contributed by atoms with van der Waals surface area (Å²) < 4.78 is 34.6. The molecule has 2 N–H and O–H groups in total. The third kappa shape index (κ3) is 3.85. The molecule has 1 aliphatic rings. The van der Waals surface area contributed by atoms with Crippen LogP contribution in [0.3, 0.4) is 0 Å². The van der Waals surface area contributed by atoms with E-state index in [0.717, 1.165) is 19.3 Å². The van der Waals surface area contributed by atoms with E-state index in [1.807, 2.05) is 6.92 Å². The molecule has 1 aromatic heterocycles. The first-order chi connectivity index (χ1) is 10.00. The van der Waals surface area contributed by atoms with Crippen LogP contribution in [0.2, 0.25) is 0 Å². The van der Waals surface area contributed by atoms with Gasteiger partial charge in [0.15, 0.2) is 0 Å². The zero-order valence-electron chi connectivity index (χ0n) is 12.6. The van der Waals surface area contributed by atoms with Crippen LogP contribution in [0.1, 0.15) is 38.3 Å². The van der Waals surface area contributed by atoms with E-state index in [1.165, 1.54) is 0 Å². The minimum Gasteiger partial charge on any atom is -0.390 e. The molecule has 0 spiro atoms. The first kappa shape index (κ1) is 16.5. The van der Waals surface area contributed by atoms with Gasteiger partial charge in [0.05, 0.1) is 17.6 Å². The average Bonchev–Trinajstić information content (AvgIpc) is 3.05. The van der Waals surface area contributed by atoms with Crippen LogP contribution in [0.25, 0.3) is 0 Å². The molecule has 1 aromatic rings. The van der Waals surface area contributed by atoms with E-state index in [2.05, 4.69) is 4.72 Å². The Balaban J connectivity index is 2.12. The van der Waals surface area contributed by atoms with Crippen molar-refractivity contribution in [1.29, 1.82) is 0 Å². The molecule has 1 fully saturated rings. The fourth-order valence-electron chi connectivity index (χ4n) is 2.80. The van der Waals surface area contributed by atoms with Gasteiger partial charge in [-0.2, -0.15) is 0 Å². The van der Waals surface area contributed by atoms with Gasteiger partial charge in [0.1, 0.15) is 0 Å². The van der Waals surface area contributed by atoms with E-state index in [0.29, 0.717) is 18.7 Å². The van der Waals surface area contributed by atoms with E-state index in [-0.39, 0.29) is 23.6 Å². The summed E-state index contributed by atoms with van der Waals surface area (Å²) in [4.78, 5) is 0.223. The Bertz CT molecular complexity index is 568. The van der Waals surface area contributed by atoms with Crippen LogP contribution in [0.5, 0.6) is 0 Å². The molecule has 0 saturated heterocycles. The molecule has 7 heteroatoms. The van der Waals surface area contributed by atoms with E-state index < -0.39 is 10.0 Å². The highest BCUT2D eigenvalue weighted by molar-refractivity contribution is 7.89. The van der Waals surface area contributed by atoms with Crippen LogP contribution >= 0.6 is 0 Å². The Kier molecular flexibility index (Phi) is 5.43. The lowest BCUT2D eigenvalue weighted by molar-refractivity contribution is 0.107. The molecule has 2 rings (SSSR count). The second-order valence-electron chi connectivity index (χ2n) is 5.51. The lowest BCUT2D eigenvalue weighted by Gasteiger charge is -2.12. The van der Waals surface area contributed by atoms with Crippen LogP contribution in [-0.4, -0.2) is 37.3 Å². The van der Waals surface area contributed by atoms with Gasteiger partial charge in [0, 0.05) is 31.6 Å². The second kappa shape index (κ2) is 6.91. The Labute approximate surface area is 126 Å². The number of methoxy groups -OCH3 is 1. The SMILES string of the molecule is CCCn1cc(S(=O)(=O)NC2CCC(OC)C2)cc1CO. The van der Waals surface area contributed by atoms with Crippen molar-refractivity contribution in [2.75, 3.05) is 7.11 Å². The van der Waals surface area contributed by atoms with Gasteiger partial charge in [-0.1, -0.05) is 6.92 Å². The van der Waals surface area contributed by atoms with Crippen LogP contribution in [0.4, 0.5) is 0 Å². The second-order valence-corrected chi connectivity index (χ2v) is 7.22. The number of aliphatic hydroxyl groups excluding tert-OH is 1. The van der Waals surface area contributed by atoms with Crippen LogP contribution in [-0.2, 0) is 27.9 Å². The van der Waals surface area contributed by atoms with Crippen molar-refractivity contribution in [3.63, 3.8) is 0 Å². The summed E-state index contributed by atoms with van der Waals surface area (Å²) in [7, 11) is -1.89. The largest absolute Gasteiger partial charge is 0.390 e. The van der Waals surface area contributed by atoms with Gasteiger partial charge in [0.2, 0.25) is 10.0 Å². The van der Waals surface area contributed by atoms with Gasteiger partial charge in [-0.3, -0.25) is 0 Å². The predicted molar refractivity (Wildman–Crippen MR) is 79.4 cm³/mol. The summed E-state index contributed by atoms with van der Waals surface area (Å²) in [5, 5.41) is 9.32. The quantitative estimate of drug-likeness (QED) is 0.793. The van der Waals surface area contributed by atoms with Crippen molar-refractivity contribution >= 4 is 10.0 Å². The van der Waals surface area contributed by atoms with Gasteiger partial charge < -0.3 is 14.4 Å². The molecule has 0 amide bonds. The van der Waals surface area contributed by atoms with Gasteiger partial charge in [-0.25, -0.2) is 13.1 Å². The van der Waals surface area contributed by atoms with E-state index in [4.69, 9.17) is 4.74 Å². The standard InChI is InChI=1S/C14H24N2O4S/c1-3-6-16-9-14(8-12(16)10-17)21(18,19)15-11-4-5-13(7-11)20-2/h8-9,11,13,15,17H,3-7,10H2,1-2H3. The van der Waals surface area contributed by atoms with Gasteiger partial charge in [0.25, 0.3) is 0 Å². The lowest BCUT2D eigenvalue weighted by atomic mass is 10.3. The molecular weight excluding hydrogens is 292 g/mol. The number of aryl methyl sites for hydroxylation is 1. The molecule has 1 heterocycles. The van der Waals surface area contributed by atoms with Crippen LogP contribution in [0.15, 0.2) is 17.2 Å². The van der Waals surface area contributed by atoms with E-state index in [1.54, 1.807) is 23.9 Å². The molecule has 0 aromatic carbocycles. The molecule has 2 unspecified atom stereocenters. The number of rotatable bonds is 7. The zero-order chi connectivity index (χ0) is 15.5. The van der Waals surface area contributed by atoms with Crippen LogP contribution < -0.4 is 4.72 Å². The molecule has 2 atom stereocenters. The number of nitrogens with zero attached hydrogens (tertiary/aromatic N) is 1. The Morgan fingerprint density at radius 1 is 1.48 bits per heavy atom. The monoisotopic (exact) mass is 316 g/mol. The number of hydrogen-bond acceptors (Lipinski definition) is 4. The third-order valence-electron chi connectivity index (χ3n) is 3.94. The first-order valence-corrected chi connectivity index (χ1v) is 8.83. The summed E-state index contributed by atoms with van der Waals surface area (Å²) in [6.07, 6.45) is 4.99. The predicted octanol–water partition coefficient (Wildman–Crippen LogP) is 1.24. The normalized spacial score (nSPS) is 22.8. The van der Waals surface area contributed by atoms with Crippen molar-refractivity contribution in [1.82, 2.24) is 9.29 Å². The maximum atomic E-state index is 12.4. The molecule has 21 heavy (non-hydrogen) atoms. The fraction of sp³-hybridized carbons (Fsp3) is 0.714. The minimum atomic E-state index is -3.54. The fourth-order valence-corrected chi connectivity index (χ4v) is 4.15. The van der Waals surface area contributed by atoms with Gasteiger partial charge in [-0.15, -0.1) is 0 Å². The summed E-state index contributed by atoms with van der Waals surface area (Å²) in [5.41, 5.74) is 0.624. The Morgan fingerprint density at radius 2 is 2.24 bits per heavy atom. The highest BCUT2D eigenvalue weighted by Crippen LogP contribution is 2.24. The number of aliphatic hydroxyl groups is 1. The Hall–Kier alpha value is -0.890. The van der Waals surface area contributed by atoms with Crippen molar-refractivity contribution < 1.29 is 18.3 Å². The molecule has 6 nitrogen and oxygen atoms in total. The lowest BCUT2D eigenvalue weighted by Crippen LogP contribution is -2.33. The van der Waals surface area contributed by atoms with E-state index in [9.17, 15) is 13.5 Å². The first-order valence-electron chi connectivity index (χ1n) is 7.35. The molecular formula is C14H24N2O4S. The zero-order valence-corrected chi connectivity index (χ0v) is 13.4. The molecule has 120 valence electrons. The molecule has 1 aliphatic carbocycles. The number of hydrogen-bond donors (Lipinski definition) is 2. The highest BCUT2D eigenvalue weighted by atomic mass is 32.2. The number of ether oxygens (including phenoxy) is 1. The Morgan fingerprint density at radius 3 is 2.81 bits per heavy atom. The third-order valence-corrected chi connectivity index (χ3v) is 5.42. The number of sulfonamides is 1. The summed E-state index contributed by atoms with van der Waals surface area (Å²) >= 11 is 0. The minimum absolute atomic E-state index is 0.0768. The topological polar surface area (TPSA) is 80.6 Å². The summed E-state index contributed by atoms with van der Waals surface area (Å²) in [5.74, 6) is 0. The highest BCUT2D eigenvalue weighted by Gasteiger charge is 2.29. The summed E-state index contributed by atoms with van der Waals surface area (Å²) in [6, 6.07) is 1.47. The van der Waals surface area contributed by atoms with Crippen molar-refractivity contribution in [3.8, 4) is 0 Å². The molecule has 0 aliphatic heterocycles. The molecule has 0 radical (unpaired) electrons. The van der Waals surface area contributed by atoms with Crippen LogP contribution in [0, 0.1) is 0 Å². The molecule has 1 saturated carbocycles. The van der Waals surface area contributed by atoms with Gasteiger partial charge >= 0.3 is 0 Å².